The van der Waals surface area contributed by atoms with Crippen LogP contribution in [0.4, 0.5) is 15.2 Å². The highest BCUT2D eigenvalue weighted by atomic mass is 32.2. The molecule has 0 saturated heterocycles. The van der Waals surface area contributed by atoms with Crippen molar-refractivity contribution in [3.63, 3.8) is 0 Å². The molecule has 2 aromatic heterocycles. The molecule has 10 heteroatoms. The predicted molar refractivity (Wildman–Crippen MR) is 142 cm³/mol. The van der Waals surface area contributed by atoms with E-state index in [-0.39, 0.29) is 23.0 Å². The summed E-state index contributed by atoms with van der Waals surface area (Å²) in [6.07, 6.45) is 2.37. The van der Waals surface area contributed by atoms with Crippen molar-refractivity contribution in [1.29, 1.82) is 0 Å². The zero-order valence-corrected chi connectivity index (χ0v) is 21.4. The Balaban J connectivity index is 1.43. The number of carbonyl (C=O) groups is 1. The molecule has 0 radical (unpaired) electrons. The molecule has 188 valence electrons. The number of para-hydroxylation sites is 1. The van der Waals surface area contributed by atoms with E-state index in [1.807, 2.05) is 18.2 Å². The van der Waals surface area contributed by atoms with Gasteiger partial charge < -0.3 is 4.42 Å². The molecule has 5 rings (SSSR count). The number of anilines is 2. The summed E-state index contributed by atoms with van der Waals surface area (Å²) in [5, 5.41) is 0.540. The van der Waals surface area contributed by atoms with Crippen molar-refractivity contribution in [2.24, 2.45) is 0 Å². The molecule has 1 amide bonds. The smallest absolute Gasteiger partial charge is 0.261 e. The second-order valence-corrected chi connectivity index (χ2v) is 10.9. The van der Waals surface area contributed by atoms with Crippen molar-refractivity contribution < 1.29 is 22.0 Å². The van der Waals surface area contributed by atoms with Crippen LogP contribution in [0.2, 0.25) is 0 Å². The van der Waals surface area contributed by atoms with Crippen LogP contribution >= 0.6 is 11.3 Å². The largest absolute Gasteiger partial charge is 0.467 e. The predicted octanol–water partition coefficient (Wildman–Crippen LogP) is 6.24. The lowest BCUT2D eigenvalue weighted by Gasteiger charge is -2.19. The maximum Gasteiger partial charge on any atom is 0.261 e. The molecule has 0 aliphatic heterocycles. The third-order valence-corrected chi connectivity index (χ3v) is 8.19. The zero-order valence-electron chi connectivity index (χ0n) is 19.7. The van der Waals surface area contributed by atoms with Crippen molar-refractivity contribution in [2.45, 2.75) is 24.8 Å². The van der Waals surface area contributed by atoms with Gasteiger partial charge in [0.25, 0.3) is 15.9 Å². The lowest BCUT2D eigenvalue weighted by Crippen LogP contribution is -2.30. The molecule has 0 spiro atoms. The Hall–Kier alpha value is -4.02. The highest BCUT2D eigenvalue weighted by Crippen LogP contribution is 2.33. The van der Waals surface area contributed by atoms with E-state index in [2.05, 4.69) is 11.6 Å². The maximum atomic E-state index is 13.6. The number of hydrogen-bond acceptors (Lipinski definition) is 6. The summed E-state index contributed by atoms with van der Waals surface area (Å²) in [6.45, 7) is 2.25. The molecular weight excluding hydrogens is 513 g/mol. The average Bonchev–Trinajstić information content (AvgIpc) is 3.57. The number of benzene rings is 3. The van der Waals surface area contributed by atoms with E-state index >= 15 is 0 Å². The fourth-order valence-electron chi connectivity index (χ4n) is 3.84. The number of amides is 1. The van der Waals surface area contributed by atoms with Gasteiger partial charge in [-0.15, -0.1) is 0 Å². The van der Waals surface area contributed by atoms with Gasteiger partial charge in [0.2, 0.25) is 0 Å². The Kier molecular flexibility index (Phi) is 6.77. The van der Waals surface area contributed by atoms with Crippen LogP contribution in [0.25, 0.3) is 10.2 Å². The Morgan fingerprint density at radius 2 is 1.78 bits per heavy atom. The monoisotopic (exact) mass is 535 g/mol. The number of halogens is 1. The van der Waals surface area contributed by atoms with E-state index in [4.69, 9.17) is 9.40 Å². The Morgan fingerprint density at radius 1 is 1.03 bits per heavy atom. The number of rotatable bonds is 8. The molecule has 0 fully saturated rings. The third-order valence-electron chi connectivity index (χ3n) is 5.75. The van der Waals surface area contributed by atoms with E-state index in [0.29, 0.717) is 16.5 Å². The number of thiazole rings is 1. The van der Waals surface area contributed by atoms with Crippen LogP contribution in [-0.4, -0.2) is 19.3 Å². The van der Waals surface area contributed by atoms with Gasteiger partial charge >= 0.3 is 0 Å². The summed E-state index contributed by atoms with van der Waals surface area (Å²) in [5.74, 6) is -0.228. The van der Waals surface area contributed by atoms with Gasteiger partial charge in [0.1, 0.15) is 11.6 Å². The van der Waals surface area contributed by atoms with Crippen LogP contribution < -0.4 is 9.62 Å². The summed E-state index contributed by atoms with van der Waals surface area (Å²) < 4.78 is 47.3. The van der Waals surface area contributed by atoms with Crippen LogP contribution in [0, 0.1) is 5.82 Å². The van der Waals surface area contributed by atoms with Crippen molar-refractivity contribution in [3.8, 4) is 0 Å². The van der Waals surface area contributed by atoms with Crippen molar-refractivity contribution in [3.05, 3.63) is 108 Å². The molecule has 1 N–H and O–H groups in total. The molecule has 3 aromatic carbocycles. The average molecular weight is 536 g/mol. The molecule has 0 aliphatic rings. The molecule has 0 atom stereocenters. The minimum absolute atomic E-state index is 0.0686. The molecule has 0 bridgehead atoms. The summed E-state index contributed by atoms with van der Waals surface area (Å²) >= 11 is 1.42. The van der Waals surface area contributed by atoms with Crippen LogP contribution in [0.3, 0.4) is 0 Å². The van der Waals surface area contributed by atoms with Gasteiger partial charge in [0.15, 0.2) is 5.13 Å². The van der Waals surface area contributed by atoms with E-state index in [9.17, 15) is 17.6 Å². The second kappa shape index (κ2) is 10.2. The van der Waals surface area contributed by atoms with Gasteiger partial charge in [-0.2, -0.15) is 0 Å². The van der Waals surface area contributed by atoms with E-state index in [0.717, 1.165) is 34.3 Å². The first-order valence-electron chi connectivity index (χ1n) is 11.4. The molecule has 5 aromatic rings. The number of hydrogen-bond donors (Lipinski definition) is 1. The second-order valence-electron chi connectivity index (χ2n) is 8.22. The van der Waals surface area contributed by atoms with Gasteiger partial charge in [0, 0.05) is 11.3 Å². The van der Waals surface area contributed by atoms with Crippen LogP contribution in [0.5, 0.6) is 0 Å². The van der Waals surface area contributed by atoms with Crippen molar-refractivity contribution in [2.75, 3.05) is 9.62 Å². The number of aryl methyl sites for hydroxylation is 1. The fourth-order valence-corrected chi connectivity index (χ4v) is 5.91. The van der Waals surface area contributed by atoms with Gasteiger partial charge in [-0.1, -0.05) is 30.4 Å². The number of carbonyl (C=O) groups excluding carboxylic acids is 1. The summed E-state index contributed by atoms with van der Waals surface area (Å²) in [6, 6.07) is 20.2. The number of nitrogens with one attached hydrogen (secondary N) is 1. The van der Waals surface area contributed by atoms with Gasteiger partial charge in [0.05, 0.1) is 27.9 Å². The first-order valence-corrected chi connectivity index (χ1v) is 13.7. The standard InChI is InChI=1S/C27H22FN3O4S2/c1-2-18-5-3-7-24-25(18)29-27(36-24)31(17-22-6-4-16-35-22)26(32)19-8-12-21(13-9-19)30-37(33,34)23-14-10-20(28)11-15-23/h3-16,30H,2,17H2,1H3. The number of nitrogens with zero attached hydrogens (tertiary/aromatic N) is 2. The topological polar surface area (TPSA) is 92.5 Å². The first kappa shape index (κ1) is 24.7. The molecule has 0 saturated carbocycles. The number of fused-ring (bicyclic) bond motifs is 1. The lowest BCUT2D eigenvalue weighted by atomic mass is 10.1. The van der Waals surface area contributed by atoms with E-state index in [1.165, 1.54) is 35.6 Å². The third kappa shape index (κ3) is 5.25. The Morgan fingerprint density at radius 3 is 2.46 bits per heavy atom. The highest BCUT2D eigenvalue weighted by Gasteiger charge is 2.24. The highest BCUT2D eigenvalue weighted by molar-refractivity contribution is 7.92. The molecule has 7 nitrogen and oxygen atoms in total. The lowest BCUT2D eigenvalue weighted by molar-refractivity contribution is 0.0983. The molecular formula is C27H22FN3O4S2. The molecule has 2 heterocycles. The Bertz CT molecular complexity index is 1650. The Labute approximate surface area is 217 Å². The van der Waals surface area contributed by atoms with E-state index < -0.39 is 15.8 Å². The summed E-state index contributed by atoms with van der Waals surface area (Å²) in [4.78, 5) is 19.9. The number of furan rings is 1. The SMILES string of the molecule is CCc1cccc2sc(N(Cc3ccco3)C(=O)c3ccc(NS(=O)(=O)c4ccc(F)cc4)cc3)nc12. The van der Waals surface area contributed by atoms with Crippen LogP contribution in [0.1, 0.15) is 28.6 Å². The zero-order chi connectivity index (χ0) is 26.0. The molecule has 0 unspecified atom stereocenters. The van der Waals surface area contributed by atoms with Crippen molar-refractivity contribution >= 4 is 48.3 Å². The number of aromatic nitrogens is 1. The van der Waals surface area contributed by atoms with Crippen LogP contribution in [0.15, 0.2) is 94.4 Å². The normalized spacial score (nSPS) is 11.5. The molecule has 37 heavy (non-hydrogen) atoms. The minimum Gasteiger partial charge on any atom is -0.467 e. The van der Waals surface area contributed by atoms with Gasteiger partial charge in [-0.3, -0.25) is 14.4 Å². The molecule has 0 aliphatic carbocycles. The first-order chi connectivity index (χ1) is 17.8. The van der Waals surface area contributed by atoms with Gasteiger partial charge in [-0.25, -0.2) is 17.8 Å². The summed E-state index contributed by atoms with van der Waals surface area (Å²) in [5.41, 5.74) is 2.59. The fraction of sp³-hybridized carbons (Fsp3) is 0.111. The van der Waals surface area contributed by atoms with E-state index in [1.54, 1.807) is 35.4 Å². The quantitative estimate of drug-likeness (QED) is 0.254. The number of sulfonamides is 1. The minimum atomic E-state index is -3.91. The van der Waals surface area contributed by atoms with Crippen LogP contribution in [-0.2, 0) is 23.0 Å². The summed E-state index contributed by atoms with van der Waals surface area (Å²) in [7, 11) is -3.91. The van der Waals surface area contributed by atoms with Crippen molar-refractivity contribution in [1.82, 2.24) is 4.98 Å². The van der Waals surface area contributed by atoms with Gasteiger partial charge in [-0.05, 0) is 78.7 Å². The maximum absolute atomic E-state index is 13.6.